The van der Waals surface area contributed by atoms with Gasteiger partial charge in [0, 0.05) is 24.3 Å². The van der Waals surface area contributed by atoms with Crippen LogP contribution in [0, 0.1) is 0 Å². The molecule has 1 unspecified atom stereocenters. The van der Waals surface area contributed by atoms with Gasteiger partial charge in [0.25, 0.3) is 5.91 Å². The van der Waals surface area contributed by atoms with E-state index in [0.717, 1.165) is 5.56 Å². The summed E-state index contributed by atoms with van der Waals surface area (Å²) in [6, 6.07) is 12.8. The zero-order valence-corrected chi connectivity index (χ0v) is 12.7. The van der Waals surface area contributed by atoms with E-state index < -0.39 is 6.23 Å². The first-order valence-electron chi connectivity index (χ1n) is 6.88. The van der Waals surface area contributed by atoms with Gasteiger partial charge in [0.15, 0.2) is 17.7 Å². The summed E-state index contributed by atoms with van der Waals surface area (Å²) in [6.45, 7) is 0. The van der Waals surface area contributed by atoms with E-state index in [1.54, 1.807) is 38.4 Å². The SMILES string of the molecule is COc1ccc(N2C(=O)c3ccccc3C2OC)cc1OC. The predicted octanol–water partition coefficient (Wildman–Crippen LogP) is 3.01. The highest BCUT2D eigenvalue weighted by Crippen LogP contribution is 2.40. The number of hydrogen-bond acceptors (Lipinski definition) is 4. The Bertz CT molecular complexity index is 714. The molecule has 1 heterocycles. The molecule has 5 nitrogen and oxygen atoms in total. The van der Waals surface area contributed by atoms with Crippen molar-refractivity contribution in [2.45, 2.75) is 6.23 Å². The number of amides is 1. The number of methoxy groups -OCH3 is 3. The van der Waals surface area contributed by atoms with Crippen LogP contribution in [0.1, 0.15) is 22.1 Å². The molecule has 1 amide bonds. The Morgan fingerprint density at radius 2 is 1.68 bits per heavy atom. The Morgan fingerprint density at radius 3 is 2.36 bits per heavy atom. The van der Waals surface area contributed by atoms with Gasteiger partial charge in [-0.15, -0.1) is 0 Å². The molecule has 0 bridgehead atoms. The summed E-state index contributed by atoms with van der Waals surface area (Å²) < 4.78 is 16.1. The van der Waals surface area contributed by atoms with Gasteiger partial charge in [-0.05, 0) is 18.2 Å². The fraction of sp³-hybridized carbons (Fsp3) is 0.235. The summed E-state index contributed by atoms with van der Waals surface area (Å²) in [6.07, 6.45) is -0.443. The van der Waals surface area contributed by atoms with E-state index in [2.05, 4.69) is 0 Å². The third-order valence-electron chi connectivity index (χ3n) is 3.78. The fourth-order valence-electron chi connectivity index (χ4n) is 2.74. The van der Waals surface area contributed by atoms with Crippen molar-refractivity contribution in [1.29, 1.82) is 0 Å². The van der Waals surface area contributed by atoms with Gasteiger partial charge >= 0.3 is 0 Å². The summed E-state index contributed by atoms with van der Waals surface area (Å²) in [5.74, 6) is 1.10. The summed E-state index contributed by atoms with van der Waals surface area (Å²) in [5.41, 5.74) is 2.22. The standard InChI is InChI=1S/C17H17NO4/c1-20-14-9-8-11(10-15(14)21-2)18-16(19)12-6-4-5-7-13(12)17(18)22-3/h4-10,17H,1-3H3. The third-order valence-corrected chi connectivity index (χ3v) is 3.78. The molecule has 1 aliphatic heterocycles. The van der Waals surface area contributed by atoms with E-state index in [9.17, 15) is 4.79 Å². The lowest BCUT2D eigenvalue weighted by Crippen LogP contribution is -2.28. The van der Waals surface area contributed by atoms with Crippen LogP contribution in [-0.4, -0.2) is 27.2 Å². The van der Waals surface area contributed by atoms with Gasteiger partial charge in [-0.25, -0.2) is 0 Å². The number of nitrogens with zero attached hydrogens (tertiary/aromatic N) is 1. The first kappa shape index (κ1) is 14.4. The zero-order chi connectivity index (χ0) is 15.7. The molecule has 0 radical (unpaired) electrons. The zero-order valence-electron chi connectivity index (χ0n) is 12.7. The molecule has 0 aromatic heterocycles. The molecule has 0 spiro atoms. The van der Waals surface area contributed by atoms with Crippen LogP contribution in [0.5, 0.6) is 11.5 Å². The van der Waals surface area contributed by atoms with Crippen LogP contribution in [0.4, 0.5) is 5.69 Å². The van der Waals surface area contributed by atoms with Crippen molar-refractivity contribution >= 4 is 11.6 Å². The minimum Gasteiger partial charge on any atom is -0.493 e. The lowest BCUT2D eigenvalue weighted by atomic mass is 10.1. The molecule has 3 rings (SSSR count). The second kappa shape index (κ2) is 5.69. The molecule has 0 aliphatic carbocycles. The van der Waals surface area contributed by atoms with Gasteiger partial charge in [-0.1, -0.05) is 18.2 Å². The Balaban J connectivity index is 2.07. The van der Waals surface area contributed by atoms with Gasteiger partial charge in [-0.3, -0.25) is 9.69 Å². The number of hydrogen-bond donors (Lipinski definition) is 0. The maximum atomic E-state index is 12.7. The fourth-order valence-corrected chi connectivity index (χ4v) is 2.74. The number of ether oxygens (including phenoxy) is 3. The van der Waals surface area contributed by atoms with Gasteiger partial charge < -0.3 is 14.2 Å². The molecule has 1 atom stereocenters. The van der Waals surface area contributed by atoms with Crippen molar-refractivity contribution in [2.24, 2.45) is 0 Å². The van der Waals surface area contributed by atoms with Crippen LogP contribution in [0.3, 0.4) is 0 Å². The number of carbonyl (C=O) groups excluding carboxylic acids is 1. The third kappa shape index (κ3) is 2.10. The molecule has 0 fully saturated rings. The van der Waals surface area contributed by atoms with E-state index in [4.69, 9.17) is 14.2 Å². The van der Waals surface area contributed by atoms with Crippen LogP contribution >= 0.6 is 0 Å². The van der Waals surface area contributed by atoms with Gasteiger partial charge in [0.2, 0.25) is 0 Å². The lowest BCUT2D eigenvalue weighted by Gasteiger charge is -2.24. The van der Waals surface area contributed by atoms with Crippen molar-refractivity contribution in [1.82, 2.24) is 0 Å². The number of benzene rings is 2. The first-order valence-corrected chi connectivity index (χ1v) is 6.88. The van der Waals surface area contributed by atoms with Gasteiger partial charge in [0.1, 0.15) is 0 Å². The lowest BCUT2D eigenvalue weighted by molar-refractivity contribution is 0.0822. The van der Waals surface area contributed by atoms with Crippen molar-refractivity contribution in [3.63, 3.8) is 0 Å². The second-order valence-electron chi connectivity index (χ2n) is 4.89. The average Bonchev–Trinajstić information content (AvgIpc) is 2.86. The van der Waals surface area contributed by atoms with Crippen molar-refractivity contribution in [3.8, 4) is 11.5 Å². The monoisotopic (exact) mass is 299 g/mol. The van der Waals surface area contributed by atoms with Crippen LogP contribution in [0.25, 0.3) is 0 Å². The van der Waals surface area contributed by atoms with Crippen LogP contribution in [-0.2, 0) is 4.74 Å². The van der Waals surface area contributed by atoms with E-state index in [1.165, 1.54) is 0 Å². The largest absolute Gasteiger partial charge is 0.493 e. The summed E-state index contributed by atoms with van der Waals surface area (Å²) in [5, 5.41) is 0. The minimum atomic E-state index is -0.443. The molecule has 0 N–H and O–H groups in total. The Hall–Kier alpha value is -2.53. The molecule has 2 aromatic carbocycles. The Labute approximate surface area is 129 Å². The smallest absolute Gasteiger partial charge is 0.261 e. The van der Waals surface area contributed by atoms with Crippen molar-refractivity contribution in [3.05, 3.63) is 53.6 Å². The molecular formula is C17H17NO4. The quantitative estimate of drug-likeness (QED) is 0.870. The molecule has 22 heavy (non-hydrogen) atoms. The van der Waals surface area contributed by atoms with E-state index in [-0.39, 0.29) is 5.91 Å². The summed E-state index contributed by atoms with van der Waals surface area (Å²) >= 11 is 0. The predicted molar refractivity (Wildman–Crippen MR) is 82.5 cm³/mol. The number of anilines is 1. The highest BCUT2D eigenvalue weighted by molar-refractivity contribution is 6.10. The average molecular weight is 299 g/mol. The molecule has 114 valence electrons. The van der Waals surface area contributed by atoms with Crippen LogP contribution < -0.4 is 14.4 Å². The maximum absolute atomic E-state index is 12.7. The normalized spacial score (nSPS) is 16.6. The Kier molecular flexibility index (Phi) is 3.73. The Morgan fingerprint density at radius 1 is 0.955 bits per heavy atom. The van der Waals surface area contributed by atoms with Gasteiger partial charge in [0.05, 0.1) is 19.9 Å². The molecular weight excluding hydrogens is 282 g/mol. The highest BCUT2D eigenvalue weighted by atomic mass is 16.5. The molecule has 2 aromatic rings. The number of fused-ring (bicyclic) bond motifs is 1. The number of carbonyl (C=O) groups is 1. The maximum Gasteiger partial charge on any atom is 0.261 e. The molecule has 1 aliphatic rings. The van der Waals surface area contributed by atoms with Crippen LogP contribution in [0.2, 0.25) is 0 Å². The van der Waals surface area contributed by atoms with Gasteiger partial charge in [-0.2, -0.15) is 0 Å². The first-order chi connectivity index (χ1) is 10.7. The number of rotatable bonds is 4. The minimum absolute atomic E-state index is 0.0883. The topological polar surface area (TPSA) is 48.0 Å². The van der Waals surface area contributed by atoms with E-state index in [0.29, 0.717) is 22.7 Å². The van der Waals surface area contributed by atoms with E-state index in [1.807, 2.05) is 30.3 Å². The van der Waals surface area contributed by atoms with E-state index >= 15 is 0 Å². The summed E-state index contributed by atoms with van der Waals surface area (Å²) in [7, 11) is 4.73. The summed E-state index contributed by atoms with van der Waals surface area (Å²) in [4.78, 5) is 14.3. The highest BCUT2D eigenvalue weighted by Gasteiger charge is 2.37. The molecule has 5 heteroatoms. The second-order valence-corrected chi connectivity index (χ2v) is 4.89. The molecule has 0 saturated heterocycles. The van der Waals surface area contributed by atoms with Crippen molar-refractivity contribution < 1.29 is 19.0 Å². The van der Waals surface area contributed by atoms with Crippen LogP contribution in [0.15, 0.2) is 42.5 Å². The molecule has 0 saturated carbocycles. The van der Waals surface area contributed by atoms with Crippen molar-refractivity contribution in [2.75, 3.05) is 26.2 Å².